The molecule has 0 radical (unpaired) electrons. The second-order valence-corrected chi connectivity index (χ2v) is 10.1. The van der Waals surface area contributed by atoms with Crippen molar-refractivity contribution in [3.05, 3.63) is 61.6 Å². The summed E-state index contributed by atoms with van der Waals surface area (Å²) >= 11 is 1.30. The molecule has 5 rings (SSSR count). The third-order valence-electron chi connectivity index (χ3n) is 6.86. The number of aromatic nitrogens is 2. The van der Waals surface area contributed by atoms with Crippen LogP contribution in [0, 0.1) is 6.92 Å². The van der Waals surface area contributed by atoms with Gasteiger partial charge >= 0.3 is 5.69 Å². The standard InChI is InChI=1S/C25H28F2N2O5S/c1-15-14-35-23-21(15)22(30)29(16-11-25(26,27)12-16)24(31)28(23)13-20(34-17-7-9-33-10-8-17)18-5-3-4-6-19(18)32-2/h3-6,14,16-17,20H,7-13H2,1-2H3. The van der Waals surface area contributed by atoms with Crippen molar-refractivity contribution >= 4 is 21.6 Å². The van der Waals surface area contributed by atoms with E-state index in [2.05, 4.69) is 0 Å². The smallest absolute Gasteiger partial charge is 0.332 e. The molecule has 7 nitrogen and oxygen atoms in total. The molecule has 2 fully saturated rings. The van der Waals surface area contributed by atoms with Gasteiger partial charge in [-0.1, -0.05) is 18.2 Å². The molecule has 0 N–H and O–H groups in total. The molecule has 1 atom stereocenters. The number of ether oxygens (including phenoxy) is 3. The van der Waals surface area contributed by atoms with Crippen LogP contribution in [0.5, 0.6) is 5.75 Å². The third-order valence-corrected chi connectivity index (χ3v) is 7.98. The molecule has 2 aliphatic rings. The fraction of sp³-hybridized carbons (Fsp3) is 0.520. The van der Waals surface area contributed by atoms with Crippen LogP contribution in [-0.2, 0) is 16.0 Å². The molecule has 0 bridgehead atoms. The first kappa shape index (κ1) is 24.1. The molecule has 188 valence electrons. The van der Waals surface area contributed by atoms with Crippen molar-refractivity contribution in [2.45, 2.75) is 63.3 Å². The number of para-hydroxylation sites is 1. The van der Waals surface area contributed by atoms with Crippen LogP contribution >= 0.6 is 11.3 Å². The molecule has 10 heteroatoms. The highest BCUT2D eigenvalue weighted by molar-refractivity contribution is 7.17. The lowest BCUT2D eigenvalue weighted by Crippen LogP contribution is -2.49. The summed E-state index contributed by atoms with van der Waals surface area (Å²) in [5.74, 6) is -2.23. The van der Waals surface area contributed by atoms with Crippen molar-refractivity contribution in [2.75, 3.05) is 20.3 Å². The zero-order valence-corrected chi connectivity index (χ0v) is 20.5. The van der Waals surface area contributed by atoms with E-state index in [-0.39, 0.29) is 12.6 Å². The number of alkyl halides is 2. The van der Waals surface area contributed by atoms with Crippen molar-refractivity contribution in [1.29, 1.82) is 0 Å². The van der Waals surface area contributed by atoms with Gasteiger partial charge in [0.15, 0.2) is 0 Å². The number of thiophene rings is 1. The minimum absolute atomic E-state index is 0.0637. The molecule has 3 heterocycles. The van der Waals surface area contributed by atoms with Gasteiger partial charge in [0.25, 0.3) is 11.5 Å². The second-order valence-electron chi connectivity index (χ2n) is 9.26. The molecule has 1 saturated heterocycles. The minimum atomic E-state index is -2.86. The summed E-state index contributed by atoms with van der Waals surface area (Å²) in [7, 11) is 1.58. The van der Waals surface area contributed by atoms with Gasteiger partial charge in [-0.05, 0) is 36.8 Å². The van der Waals surface area contributed by atoms with E-state index >= 15 is 0 Å². The Morgan fingerprint density at radius 3 is 2.60 bits per heavy atom. The van der Waals surface area contributed by atoms with Crippen LogP contribution in [0.15, 0.2) is 39.2 Å². The van der Waals surface area contributed by atoms with Crippen LogP contribution in [-0.4, -0.2) is 41.5 Å². The molecular weight excluding hydrogens is 478 g/mol. The Labute approximate surface area is 204 Å². The zero-order valence-electron chi connectivity index (χ0n) is 19.7. The monoisotopic (exact) mass is 506 g/mol. The van der Waals surface area contributed by atoms with Crippen LogP contribution in [0.4, 0.5) is 8.78 Å². The predicted molar refractivity (Wildman–Crippen MR) is 129 cm³/mol. The highest BCUT2D eigenvalue weighted by atomic mass is 32.1. The summed E-state index contributed by atoms with van der Waals surface area (Å²) in [6.07, 6.45) is -0.177. The number of aryl methyl sites for hydroxylation is 1. The molecule has 1 aliphatic carbocycles. The number of benzene rings is 1. The SMILES string of the molecule is COc1ccccc1C(Cn1c(=O)n(C2CC(F)(F)C2)c(=O)c2c(C)csc21)OC1CCOCC1. The van der Waals surface area contributed by atoms with Gasteiger partial charge < -0.3 is 14.2 Å². The van der Waals surface area contributed by atoms with E-state index in [0.717, 1.165) is 28.5 Å². The number of halogens is 2. The Morgan fingerprint density at radius 1 is 1.20 bits per heavy atom. The van der Waals surface area contributed by atoms with E-state index in [0.29, 0.717) is 29.2 Å². The highest BCUT2D eigenvalue weighted by Crippen LogP contribution is 2.44. The Morgan fingerprint density at radius 2 is 1.91 bits per heavy atom. The average molecular weight is 507 g/mol. The normalized spacial score (nSPS) is 19.5. The van der Waals surface area contributed by atoms with Crippen molar-refractivity contribution in [3.63, 3.8) is 0 Å². The maximum Gasteiger partial charge on any atom is 0.332 e. The lowest BCUT2D eigenvalue weighted by molar-refractivity contribution is -0.106. The molecule has 3 aromatic rings. The highest BCUT2D eigenvalue weighted by Gasteiger charge is 2.47. The Hall–Kier alpha value is -2.56. The van der Waals surface area contributed by atoms with Gasteiger partial charge in [-0.2, -0.15) is 0 Å². The molecule has 1 unspecified atom stereocenters. The summed E-state index contributed by atoms with van der Waals surface area (Å²) in [4.78, 5) is 27.4. The van der Waals surface area contributed by atoms with E-state index in [9.17, 15) is 18.4 Å². The quantitative estimate of drug-likeness (QED) is 0.474. The van der Waals surface area contributed by atoms with E-state index in [1.54, 1.807) is 14.0 Å². The maximum absolute atomic E-state index is 13.7. The molecule has 0 amide bonds. The van der Waals surface area contributed by atoms with Gasteiger partial charge in [-0.3, -0.25) is 13.9 Å². The van der Waals surface area contributed by atoms with Crippen molar-refractivity contribution in [2.24, 2.45) is 0 Å². The second kappa shape index (κ2) is 9.48. The summed E-state index contributed by atoms with van der Waals surface area (Å²) in [6.45, 7) is 3.11. The summed E-state index contributed by atoms with van der Waals surface area (Å²) in [5.41, 5.74) is 0.422. The lowest BCUT2D eigenvalue weighted by Gasteiger charge is -2.36. The van der Waals surface area contributed by atoms with Gasteiger partial charge in [-0.15, -0.1) is 11.3 Å². The van der Waals surface area contributed by atoms with Gasteiger partial charge in [0.2, 0.25) is 0 Å². The van der Waals surface area contributed by atoms with Crippen LogP contribution in [0.1, 0.15) is 49.0 Å². The van der Waals surface area contributed by atoms with Crippen LogP contribution in [0.2, 0.25) is 0 Å². The summed E-state index contributed by atoms with van der Waals surface area (Å²) in [5, 5.41) is 2.22. The molecular formula is C25H28F2N2O5S. The fourth-order valence-electron chi connectivity index (χ4n) is 4.97. The Balaban J connectivity index is 1.61. The molecule has 0 spiro atoms. The fourth-order valence-corrected chi connectivity index (χ4v) is 6.02. The molecule has 1 saturated carbocycles. The van der Waals surface area contributed by atoms with Crippen molar-refractivity contribution in [3.8, 4) is 5.75 Å². The average Bonchev–Trinajstić information content (AvgIpc) is 3.22. The number of hydrogen-bond donors (Lipinski definition) is 0. The first-order valence-electron chi connectivity index (χ1n) is 11.8. The van der Waals surface area contributed by atoms with Crippen LogP contribution in [0.3, 0.4) is 0 Å². The van der Waals surface area contributed by atoms with Crippen molar-refractivity contribution in [1.82, 2.24) is 9.13 Å². The minimum Gasteiger partial charge on any atom is -0.496 e. The number of rotatable bonds is 7. The summed E-state index contributed by atoms with van der Waals surface area (Å²) in [6, 6.07) is 6.65. The molecule has 2 aromatic heterocycles. The van der Waals surface area contributed by atoms with Gasteiger partial charge in [0.1, 0.15) is 16.7 Å². The van der Waals surface area contributed by atoms with Crippen molar-refractivity contribution < 1.29 is 23.0 Å². The lowest BCUT2D eigenvalue weighted by atomic mass is 9.88. The number of fused-ring (bicyclic) bond motifs is 1. The first-order chi connectivity index (χ1) is 16.8. The van der Waals surface area contributed by atoms with E-state index in [1.807, 2.05) is 29.6 Å². The van der Waals surface area contributed by atoms with E-state index in [1.165, 1.54) is 15.9 Å². The van der Waals surface area contributed by atoms with Crippen LogP contribution < -0.4 is 16.0 Å². The van der Waals surface area contributed by atoms with E-state index in [4.69, 9.17) is 14.2 Å². The number of hydrogen-bond acceptors (Lipinski definition) is 6. The number of nitrogens with zero attached hydrogens (tertiary/aromatic N) is 2. The zero-order chi connectivity index (χ0) is 24.7. The Kier molecular flexibility index (Phi) is 6.54. The molecule has 1 aliphatic heterocycles. The molecule has 1 aromatic carbocycles. The summed E-state index contributed by atoms with van der Waals surface area (Å²) < 4.78 is 47.5. The largest absolute Gasteiger partial charge is 0.496 e. The van der Waals surface area contributed by atoms with Gasteiger partial charge in [-0.25, -0.2) is 13.6 Å². The van der Waals surface area contributed by atoms with Crippen LogP contribution in [0.25, 0.3) is 10.2 Å². The van der Waals surface area contributed by atoms with E-state index < -0.39 is 42.2 Å². The molecule has 35 heavy (non-hydrogen) atoms. The van der Waals surface area contributed by atoms with Gasteiger partial charge in [0.05, 0.1) is 31.2 Å². The third kappa shape index (κ3) is 4.54. The first-order valence-corrected chi connectivity index (χ1v) is 12.6. The maximum atomic E-state index is 13.7. The topological polar surface area (TPSA) is 71.7 Å². The number of methoxy groups -OCH3 is 1. The Bertz CT molecular complexity index is 1330. The van der Waals surface area contributed by atoms with Gasteiger partial charge in [0, 0.05) is 31.6 Å². The predicted octanol–water partition coefficient (Wildman–Crippen LogP) is 4.45.